The van der Waals surface area contributed by atoms with Crippen LogP contribution in [-0.2, 0) is 17.8 Å². The van der Waals surface area contributed by atoms with E-state index < -0.39 is 0 Å². The van der Waals surface area contributed by atoms with Gasteiger partial charge in [-0.15, -0.1) is 0 Å². The zero-order chi connectivity index (χ0) is 10.8. The summed E-state index contributed by atoms with van der Waals surface area (Å²) in [5.41, 5.74) is 4.90. The van der Waals surface area contributed by atoms with Crippen molar-refractivity contribution in [1.29, 1.82) is 0 Å². The van der Waals surface area contributed by atoms with Crippen molar-refractivity contribution < 1.29 is 10.1 Å². The zero-order valence-electron chi connectivity index (χ0n) is 9.26. The Bertz CT molecular complexity index is 399. The van der Waals surface area contributed by atoms with E-state index in [0.29, 0.717) is 6.42 Å². The largest absolute Gasteiger partial charge is 0.345 e. The van der Waals surface area contributed by atoms with Crippen LogP contribution in [0, 0.1) is 6.92 Å². The summed E-state index contributed by atoms with van der Waals surface area (Å²) in [6.07, 6.45) is 1.49. The molecule has 1 aliphatic rings. The van der Waals surface area contributed by atoms with Gasteiger partial charge in [-0.3, -0.25) is 4.79 Å². The number of anilines is 1. The van der Waals surface area contributed by atoms with Gasteiger partial charge in [0, 0.05) is 17.7 Å². The predicted molar refractivity (Wildman–Crippen MR) is 59.7 cm³/mol. The summed E-state index contributed by atoms with van der Waals surface area (Å²) in [6, 6.07) is 4.31. The Kier molecular flexibility index (Phi) is 2.73. The van der Waals surface area contributed by atoms with Crippen LogP contribution in [0.4, 0.5) is 5.69 Å². The van der Waals surface area contributed by atoms with Gasteiger partial charge in [-0.25, -0.2) is 0 Å². The maximum absolute atomic E-state index is 11.3. The minimum atomic E-state index is 0.137. The molecule has 2 rings (SSSR count). The van der Waals surface area contributed by atoms with Gasteiger partial charge in [0.15, 0.2) is 0 Å². The SMILES string of the molecule is C[NH2+]Cc1cc2c(cc1C)CCC(=O)N2. The van der Waals surface area contributed by atoms with E-state index in [9.17, 15) is 4.79 Å². The Balaban J connectivity index is 2.38. The summed E-state index contributed by atoms with van der Waals surface area (Å²) in [5, 5.41) is 5.07. The highest BCUT2D eigenvalue weighted by atomic mass is 16.1. The molecule has 0 bridgehead atoms. The number of fused-ring (bicyclic) bond motifs is 1. The second-order valence-corrected chi connectivity index (χ2v) is 4.10. The van der Waals surface area contributed by atoms with E-state index in [1.165, 1.54) is 16.7 Å². The molecule has 0 radical (unpaired) electrons. The molecule has 1 amide bonds. The second-order valence-electron chi connectivity index (χ2n) is 4.10. The number of carbonyl (C=O) groups is 1. The van der Waals surface area contributed by atoms with Gasteiger partial charge in [0.25, 0.3) is 0 Å². The lowest BCUT2D eigenvalue weighted by molar-refractivity contribution is -0.643. The van der Waals surface area contributed by atoms with Crippen LogP contribution in [0.5, 0.6) is 0 Å². The molecule has 0 atom stereocenters. The summed E-state index contributed by atoms with van der Waals surface area (Å²) in [7, 11) is 2.05. The van der Waals surface area contributed by atoms with E-state index in [4.69, 9.17) is 0 Å². The van der Waals surface area contributed by atoms with Crippen LogP contribution in [0.1, 0.15) is 23.1 Å². The molecule has 0 aliphatic carbocycles. The van der Waals surface area contributed by atoms with E-state index in [2.05, 4.69) is 36.7 Å². The predicted octanol–water partition coefficient (Wildman–Crippen LogP) is 0.573. The summed E-state index contributed by atoms with van der Waals surface area (Å²) in [6.45, 7) is 3.10. The van der Waals surface area contributed by atoms with Gasteiger partial charge in [-0.2, -0.15) is 0 Å². The molecule has 3 N–H and O–H groups in total. The first-order valence-corrected chi connectivity index (χ1v) is 5.41. The normalized spacial score (nSPS) is 14.7. The van der Waals surface area contributed by atoms with Crippen molar-refractivity contribution in [3.63, 3.8) is 0 Å². The molecule has 1 aromatic carbocycles. The molecular formula is C12H17N2O+. The van der Waals surface area contributed by atoms with Crippen LogP contribution in [0.2, 0.25) is 0 Å². The molecular weight excluding hydrogens is 188 g/mol. The van der Waals surface area contributed by atoms with Crippen molar-refractivity contribution in [3.8, 4) is 0 Å². The van der Waals surface area contributed by atoms with E-state index in [1.807, 2.05) is 0 Å². The number of carbonyl (C=O) groups excluding carboxylic acids is 1. The summed E-state index contributed by atoms with van der Waals surface area (Å²) >= 11 is 0. The Morgan fingerprint density at radius 1 is 1.40 bits per heavy atom. The Morgan fingerprint density at radius 2 is 2.20 bits per heavy atom. The summed E-state index contributed by atoms with van der Waals surface area (Å²) in [4.78, 5) is 11.3. The second kappa shape index (κ2) is 4.03. The van der Waals surface area contributed by atoms with E-state index >= 15 is 0 Å². The summed E-state index contributed by atoms with van der Waals surface area (Å²) < 4.78 is 0. The van der Waals surface area contributed by atoms with Crippen LogP contribution >= 0.6 is 0 Å². The first-order chi connectivity index (χ1) is 7.20. The number of quaternary nitrogens is 1. The average molecular weight is 205 g/mol. The van der Waals surface area contributed by atoms with Crippen molar-refractivity contribution in [2.24, 2.45) is 0 Å². The number of nitrogens with two attached hydrogens (primary N) is 1. The third-order valence-corrected chi connectivity index (χ3v) is 2.88. The Morgan fingerprint density at radius 3 is 2.93 bits per heavy atom. The van der Waals surface area contributed by atoms with Gasteiger partial charge >= 0.3 is 0 Å². The van der Waals surface area contributed by atoms with Gasteiger partial charge in [0.2, 0.25) is 5.91 Å². The fourth-order valence-electron chi connectivity index (χ4n) is 2.04. The molecule has 1 aliphatic heterocycles. The van der Waals surface area contributed by atoms with Crippen LogP contribution in [0.15, 0.2) is 12.1 Å². The molecule has 0 fully saturated rings. The van der Waals surface area contributed by atoms with Gasteiger partial charge < -0.3 is 10.6 Å². The Labute approximate surface area is 89.9 Å². The van der Waals surface area contributed by atoms with Crippen molar-refractivity contribution in [2.75, 3.05) is 12.4 Å². The molecule has 15 heavy (non-hydrogen) atoms. The highest BCUT2D eigenvalue weighted by molar-refractivity contribution is 5.94. The molecule has 1 aromatic rings. The number of hydrogen-bond donors (Lipinski definition) is 2. The number of hydrogen-bond acceptors (Lipinski definition) is 1. The minimum absolute atomic E-state index is 0.137. The van der Waals surface area contributed by atoms with Crippen LogP contribution in [0.3, 0.4) is 0 Å². The summed E-state index contributed by atoms with van der Waals surface area (Å²) in [5.74, 6) is 0.137. The van der Waals surface area contributed by atoms with Crippen LogP contribution < -0.4 is 10.6 Å². The van der Waals surface area contributed by atoms with Crippen molar-refractivity contribution in [2.45, 2.75) is 26.3 Å². The highest BCUT2D eigenvalue weighted by Crippen LogP contribution is 2.25. The average Bonchev–Trinajstić information content (AvgIpc) is 2.20. The van der Waals surface area contributed by atoms with E-state index in [-0.39, 0.29) is 5.91 Å². The highest BCUT2D eigenvalue weighted by Gasteiger charge is 2.16. The van der Waals surface area contributed by atoms with E-state index in [0.717, 1.165) is 18.7 Å². The van der Waals surface area contributed by atoms with Crippen LogP contribution in [-0.4, -0.2) is 13.0 Å². The molecule has 0 unspecified atom stereocenters. The number of aryl methyl sites for hydroxylation is 2. The van der Waals surface area contributed by atoms with E-state index in [1.54, 1.807) is 0 Å². The molecule has 1 heterocycles. The fraction of sp³-hybridized carbons (Fsp3) is 0.417. The molecule has 0 saturated heterocycles. The number of benzene rings is 1. The van der Waals surface area contributed by atoms with Gasteiger partial charge in [0.1, 0.15) is 6.54 Å². The maximum Gasteiger partial charge on any atom is 0.224 e. The van der Waals surface area contributed by atoms with Gasteiger partial charge in [-0.05, 0) is 30.5 Å². The topological polar surface area (TPSA) is 45.7 Å². The molecule has 3 heteroatoms. The zero-order valence-corrected chi connectivity index (χ0v) is 9.26. The third kappa shape index (κ3) is 2.02. The first-order valence-electron chi connectivity index (χ1n) is 5.41. The molecule has 0 spiro atoms. The first kappa shape index (κ1) is 10.2. The fourth-order valence-corrected chi connectivity index (χ4v) is 2.04. The molecule has 80 valence electrons. The lowest BCUT2D eigenvalue weighted by atomic mass is 9.97. The lowest BCUT2D eigenvalue weighted by Crippen LogP contribution is -2.77. The van der Waals surface area contributed by atoms with Crippen molar-refractivity contribution >= 4 is 11.6 Å². The molecule has 3 nitrogen and oxygen atoms in total. The van der Waals surface area contributed by atoms with Gasteiger partial charge in [-0.1, -0.05) is 6.07 Å². The quantitative estimate of drug-likeness (QED) is 0.728. The number of nitrogens with one attached hydrogen (secondary N) is 1. The minimum Gasteiger partial charge on any atom is -0.345 e. The number of rotatable bonds is 2. The molecule has 0 saturated carbocycles. The Hall–Kier alpha value is -1.35. The molecule has 0 aromatic heterocycles. The monoisotopic (exact) mass is 205 g/mol. The third-order valence-electron chi connectivity index (χ3n) is 2.88. The van der Waals surface area contributed by atoms with Crippen molar-refractivity contribution in [3.05, 3.63) is 28.8 Å². The maximum atomic E-state index is 11.3. The van der Waals surface area contributed by atoms with Crippen molar-refractivity contribution in [1.82, 2.24) is 0 Å². The van der Waals surface area contributed by atoms with Crippen LogP contribution in [0.25, 0.3) is 0 Å². The van der Waals surface area contributed by atoms with Gasteiger partial charge in [0.05, 0.1) is 7.05 Å². The standard InChI is InChI=1S/C12H16N2O/c1-8-5-9-3-4-12(15)14-11(9)6-10(8)7-13-2/h5-6,13H,3-4,7H2,1-2H3,(H,14,15)/p+1. The lowest BCUT2D eigenvalue weighted by Gasteiger charge is -2.18. The number of amides is 1. The smallest absolute Gasteiger partial charge is 0.224 e.